The maximum atomic E-state index is 12.3. The monoisotopic (exact) mass is 387 g/mol. The van der Waals surface area contributed by atoms with Gasteiger partial charge in [-0.25, -0.2) is 14.8 Å². The Labute approximate surface area is 161 Å². The Kier molecular flexibility index (Phi) is 5.07. The third-order valence-electron chi connectivity index (χ3n) is 4.42. The van der Waals surface area contributed by atoms with E-state index in [1.807, 2.05) is 0 Å². The molecular formula is C19H21N3O4S. The fraction of sp³-hybridized carbons (Fsp3) is 0.474. The molecule has 1 N–H and O–H groups in total. The molecule has 2 aromatic rings. The second-order valence-corrected chi connectivity index (χ2v) is 7.82. The molecule has 0 spiro atoms. The van der Waals surface area contributed by atoms with E-state index >= 15 is 0 Å². The summed E-state index contributed by atoms with van der Waals surface area (Å²) < 4.78 is 10.9. The Morgan fingerprint density at radius 3 is 2.81 bits per heavy atom. The quantitative estimate of drug-likeness (QED) is 0.697. The second-order valence-electron chi connectivity index (χ2n) is 6.82. The van der Waals surface area contributed by atoms with E-state index in [9.17, 15) is 9.59 Å². The van der Waals surface area contributed by atoms with Crippen molar-refractivity contribution in [3.8, 4) is 16.5 Å². The molecule has 4 rings (SSSR count). The van der Waals surface area contributed by atoms with Crippen molar-refractivity contribution in [2.75, 3.05) is 18.5 Å². The number of nitrogens with zero attached hydrogens (tertiary/aromatic N) is 2. The summed E-state index contributed by atoms with van der Waals surface area (Å²) in [5, 5.41) is 3.46. The maximum absolute atomic E-state index is 12.3. The number of hydrogen-bond acceptors (Lipinski definition) is 7. The fourth-order valence-corrected chi connectivity index (χ4v) is 3.44. The lowest BCUT2D eigenvalue weighted by atomic mass is 10.2. The zero-order valence-corrected chi connectivity index (χ0v) is 15.9. The SMILES string of the molecule is CCOC(=O)c1sc(-c2ccnc(NC(=O)C3CC3)c2)nc1OCC1CC1. The Morgan fingerprint density at radius 1 is 1.30 bits per heavy atom. The maximum Gasteiger partial charge on any atom is 0.354 e. The minimum Gasteiger partial charge on any atom is -0.476 e. The Morgan fingerprint density at radius 2 is 2.11 bits per heavy atom. The predicted molar refractivity (Wildman–Crippen MR) is 101 cm³/mol. The van der Waals surface area contributed by atoms with Crippen LogP contribution in [0.5, 0.6) is 5.88 Å². The number of amides is 1. The lowest BCUT2D eigenvalue weighted by Gasteiger charge is -2.04. The first kappa shape index (κ1) is 17.9. The summed E-state index contributed by atoms with van der Waals surface area (Å²) >= 11 is 1.23. The molecule has 2 fully saturated rings. The third kappa shape index (κ3) is 4.44. The van der Waals surface area contributed by atoms with Gasteiger partial charge < -0.3 is 14.8 Å². The third-order valence-corrected chi connectivity index (χ3v) is 5.48. The van der Waals surface area contributed by atoms with Crippen LogP contribution >= 0.6 is 11.3 Å². The number of nitrogens with one attached hydrogen (secondary N) is 1. The molecule has 0 saturated heterocycles. The summed E-state index contributed by atoms with van der Waals surface area (Å²) in [5.41, 5.74) is 0.771. The van der Waals surface area contributed by atoms with Gasteiger partial charge in [0.1, 0.15) is 10.8 Å². The highest BCUT2D eigenvalue weighted by Crippen LogP contribution is 2.36. The number of carbonyl (C=O) groups is 2. The van der Waals surface area contributed by atoms with Crippen LogP contribution in [0, 0.1) is 11.8 Å². The lowest BCUT2D eigenvalue weighted by Crippen LogP contribution is -2.14. The van der Waals surface area contributed by atoms with Crippen molar-refractivity contribution >= 4 is 29.0 Å². The van der Waals surface area contributed by atoms with Gasteiger partial charge in [0.15, 0.2) is 4.88 Å². The van der Waals surface area contributed by atoms with Crippen molar-refractivity contribution in [2.24, 2.45) is 11.8 Å². The van der Waals surface area contributed by atoms with Crippen LogP contribution in [-0.2, 0) is 9.53 Å². The smallest absolute Gasteiger partial charge is 0.354 e. The molecule has 1 amide bonds. The largest absolute Gasteiger partial charge is 0.476 e. The fourth-order valence-electron chi connectivity index (χ4n) is 2.54. The molecule has 142 valence electrons. The van der Waals surface area contributed by atoms with Crippen molar-refractivity contribution in [2.45, 2.75) is 32.6 Å². The minimum atomic E-state index is -0.427. The number of esters is 1. The topological polar surface area (TPSA) is 90.4 Å². The van der Waals surface area contributed by atoms with E-state index < -0.39 is 5.97 Å². The van der Waals surface area contributed by atoms with Crippen molar-refractivity contribution < 1.29 is 19.1 Å². The Bertz CT molecular complexity index is 858. The number of ether oxygens (including phenoxy) is 2. The molecule has 0 bridgehead atoms. The normalized spacial score (nSPS) is 16.0. The molecule has 2 aliphatic carbocycles. The van der Waals surface area contributed by atoms with E-state index in [1.165, 1.54) is 11.3 Å². The van der Waals surface area contributed by atoms with Gasteiger partial charge in [-0.2, -0.15) is 0 Å². The molecule has 2 heterocycles. The average molecular weight is 387 g/mol. The summed E-state index contributed by atoms with van der Waals surface area (Å²) in [5.74, 6) is 1.03. The summed E-state index contributed by atoms with van der Waals surface area (Å²) in [4.78, 5) is 33.3. The molecule has 0 radical (unpaired) electrons. The molecule has 2 saturated carbocycles. The van der Waals surface area contributed by atoms with Crippen molar-refractivity contribution in [1.82, 2.24) is 9.97 Å². The first-order valence-corrected chi connectivity index (χ1v) is 10.0. The predicted octanol–water partition coefficient (Wildman–Crippen LogP) is 3.52. The van der Waals surface area contributed by atoms with Gasteiger partial charge in [-0.05, 0) is 50.7 Å². The van der Waals surface area contributed by atoms with Crippen LogP contribution < -0.4 is 10.1 Å². The molecule has 27 heavy (non-hydrogen) atoms. The van der Waals surface area contributed by atoms with E-state index in [0.717, 1.165) is 31.2 Å². The number of thiazole rings is 1. The molecule has 7 nitrogen and oxygen atoms in total. The highest BCUT2D eigenvalue weighted by Gasteiger charge is 2.30. The molecule has 0 aromatic carbocycles. The van der Waals surface area contributed by atoms with Crippen molar-refractivity contribution in [3.63, 3.8) is 0 Å². The molecular weight excluding hydrogens is 366 g/mol. The number of rotatable bonds is 8. The van der Waals surface area contributed by atoms with Gasteiger partial charge in [-0.15, -0.1) is 11.3 Å². The summed E-state index contributed by atoms with van der Waals surface area (Å²) in [6.45, 7) is 2.62. The number of pyridine rings is 1. The highest BCUT2D eigenvalue weighted by molar-refractivity contribution is 7.17. The van der Waals surface area contributed by atoms with E-state index in [1.54, 1.807) is 25.3 Å². The first-order chi connectivity index (χ1) is 13.1. The molecule has 8 heteroatoms. The van der Waals surface area contributed by atoms with Crippen LogP contribution in [0.2, 0.25) is 0 Å². The van der Waals surface area contributed by atoms with Crippen LogP contribution in [-0.4, -0.2) is 35.1 Å². The molecule has 0 aliphatic heterocycles. The number of carbonyl (C=O) groups excluding carboxylic acids is 2. The Balaban J connectivity index is 1.57. The van der Waals surface area contributed by atoms with E-state index in [2.05, 4.69) is 15.3 Å². The van der Waals surface area contributed by atoms with Crippen LogP contribution in [0.25, 0.3) is 10.6 Å². The van der Waals surface area contributed by atoms with Crippen LogP contribution in [0.1, 0.15) is 42.3 Å². The molecule has 2 aromatic heterocycles. The zero-order chi connectivity index (χ0) is 18.8. The highest BCUT2D eigenvalue weighted by atomic mass is 32.1. The second kappa shape index (κ2) is 7.64. The average Bonchev–Trinajstić information content (AvgIpc) is 3.58. The van der Waals surface area contributed by atoms with Crippen molar-refractivity contribution in [3.05, 3.63) is 23.2 Å². The number of anilines is 1. The first-order valence-electron chi connectivity index (χ1n) is 9.22. The molecule has 2 aliphatic rings. The lowest BCUT2D eigenvalue weighted by molar-refractivity contribution is -0.117. The summed E-state index contributed by atoms with van der Waals surface area (Å²) in [7, 11) is 0. The Hall–Kier alpha value is -2.48. The van der Waals surface area contributed by atoms with Gasteiger partial charge >= 0.3 is 5.97 Å². The van der Waals surface area contributed by atoms with Gasteiger partial charge in [0.25, 0.3) is 0 Å². The van der Waals surface area contributed by atoms with Crippen LogP contribution in [0.15, 0.2) is 18.3 Å². The zero-order valence-electron chi connectivity index (χ0n) is 15.1. The summed E-state index contributed by atoms with van der Waals surface area (Å²) in [6.07, 6.45) is 5.79. The summed E-state index contributed by atoms with van der Waals surface area (Å²) in [6, 6.07) is 3.56. The van der Waals surface area contributed by atoms with Gasteiger partial charge in [0, 0.05) is 17.7 Å². The number of aromatic nitrogens is 2. The number of hydrogen-bond donors (Lipinski definition) is 1. The standard InChI is InChI=1S/C19H21N3O4S/c1-2-25-19(24)15-17(26-10-11-3-4-11)22-18(27-15)13-7-8-20-14(9-13)21-16(23)12-5-6-12/h7-9,11-12H,2-6,10H2,1H3,(H,20,21,23). The van der Waals surface area contributed by atoms with Crippen LogP contribution in [0.3, 0.4) is 0 Å². The van der Waals surface area contributed by atoms with E-state index in [0.29, 0.717) is 40.7 Å². The van der Waals surface area contributed by atoms with E-state index in [4.69, 9.17) is 9.47 Å². The minimum absolute atomic E-state index is 0.000503. The molecule has 0 unspecified atom stereocenters. The van der Waals surface area contributed by atoms with Gasteiger partial charge in [-0.3, -0.25) is 4.79 Å². The van der Waals surface area contributed by atoms with Gasteiger partial charge in [0.2, 0.25) is 11.8 Å². The van der Waals surface area contributed by atoms with Gasteiger partial charge in [-0.1, -0.05) is 0 Å². The van der Waals surface area contributed by atoms with E-state index in [-0.39, 0.29) is 11.8 Å². The van der Waals surface area contributed by atoms with Crippen molar-refractivity contribution in [1.29, 1.82) is 0 Å². The molecule has 0 atom stereocenters. The van der Waals surface area contributed by atoms with Crippen LogP contribution in [0.4, 0.5) is 5.82 Å². The van der Waals surface area contributed by atoms with Gasteiger partial charge in [0.05, 0.1) is 13.2 Å².